The number of anilines is 1. The number of aryl methyl sites for hydroxylation is 1. The largest absolute Gasteiger partial charge is 0.271 e. The summed E-state index contributed by atoms with van der Waals surface area (Å²) in [5.74, 6) is -0.417. The number of hydrazone groups is 1. The van der Waals surface area contributed by atoms with E-state index in [1.807, 2.05) is 37.3 Å². The fourth-order valence-electron chi connectivity index (χ4n) is 2.93. The molecule has 0 aromatic heterocycles. The van der Waals surface area contributed by atoms with Gasteiger partial charge in [0, 0.05) is 16.1 Å². The van der Waals surface area contributed by atoms with Crippen molar-refractivity contribution in [2.75, 3.05) is 10.6 Å². The second-order valence-corrected chi connectivity index (χ2v) is 9.28. The van der Waals surface area contributed by atoms with E-state index in [0.29, 0.717) is 21.8 Å². The average molecular weight is 456 g/mol. The van der Waals surface area contributed by atoms with Crippen molar-refractivity contribution >= 4 is 39.4 Å². The van der Waals surface area contributed by atoms with Crippen LogP contribution in [-0.4, -0.2) is 26.8 Å². The summed E-state index contributed by atoms with van der Waals surface area (Å²) in [5, 5.41) is 4.45. The van der Waals surface area contributed by atoms with Gasteiger partial charge in [0.25, 0.3) is 5.91 Å². The number of sulfonamides is 1. The molecule has 160 valence electrons. The summed E-state index contributed by atoms with van der Waals surface area (Å²) in [6, 6.07) is 21.1. The molecular formula is C23H22ClN3O3S. The van der Waals surface area contributed by atoms with Crippen molar-refractivity contribution in [1.82, 2.24) is 5.43 Å². The standard InChI is InChI=1S/C23H22ClN3O3S/c1-17-7-3-4-9-20(17)16-27(31(2,29)30)21-13-11-18(12-14-21)23(28)26-25-15-19-8-5-6-10-22(19)24/h3-15H,16H2,1-2H3,(H,26,28)/b25-15-. The molecule has 31 heavy (non-hydrogen) atoms. The number of nitrogens with zero attached hydrogens (tertiary/aromatic N) is 2. The lowest BCUT2D eigenvalue weighted by atomic mass is 10.1. The Bertz CT molecular complexity index is 1210. The number of carbonyl (C=O) groups excluding carboxylic acids is 1. The number of hydrogen-bond acceptors (Lipinski definition) is 4. The van der Waals surface area contributed by atoms with Crippen molar-refractivity contribution in [1.29, 1.82) is 0 Å². The van der Waals surface area contributed by atoms with Crippen LogP contribution in [0.1, 0.15) is 27.0 Å². The van der Waals surface area contributed by atoms with Crippen LogP contribution >= 0.6 is 11.6 Å². The maximum Gasteiger partial charge on any atom is 0.271 e. The highest BCUT2D eigenvalue weighted by molar-refractivity contribution is 7.92. The molecule has 1 N–H and O–H groups in total. The Balaban J connectivity index is 1.74. The molecule has 3 aromatic carbocycles. The van der Waals surface area contributed by atoms with Gasteiger partial charge in [-0.1, -0.05) is 54.1 Å². The quantitative estimate of drug-likeness (QED) is 0.424. The molecule has 0 aliphatic heterocycles. The molecule has 0 aliphatic rings. The molecule has 0 spiro atoms. The molecule has 0 bridgehead atoms. The summed E-state index contributed by atoms with van der Waals surface area (Å²) < 4.78 is 26.1. The fourth-order valence-corrected chi connectivity index (χ4v) is 3.99. The van der Waals surface area contributed by atoms with Crippen molar-refractivity contribution in [3.05, 3.63) is 100 Å². The maximum absolute atomic E-state index is 12.4. The fraction of sp³-hybridized carbons (Fsp3) is 0.130. The first-order valence-electron chi connectivity index (χ1n) is 9.46. The van der Waals surface area contributed by atoms with Gasteiger partial charge < -0.3 is 0 Å². The van der Waals surface area contributed by atoms with E-state index >= 15 is 0 Å². The summed E-state index contributed by atoms with van der Waals surface area (Å²) in [5.41, 5.74) is 5.86. The highest BCUT2D eigenvalue weighted by Crippen LogP contribution is 2.22. The van der Waals surface area contributed by atoms with Crippen molar-refractivity contribution in [3.63, 3.8) is 0 Å². The smallest absolute Gasteiger partial charge is 0.267 e. The molecule has 0 radical (unpaired) electrons. The van der Waals surface area contributed by atoms with E-state index in [9.17, 15) is 13.2 Å². The second kappa shape index (κ2) is 9.76. The third-order valence-corrected chi connectivity index (χ3v) is 6.15. The Hall–Kier alpha value is -3.16. The Kier molecular flexibility index (Phi) is 7.09. The van der Waals surface area contributed by atoms with Crippen molar-refractivity contribution < 1.29 is 13.2 Å². The van der Waals surface area contributed by atoms with E-state index in [4.69, 9.17) is 11.6 Å². The van der Waals surface area contributed by atoms with Gasteiger partial charge in [0.15, 0.2) is 0 Å². The molecule has 0 aliphatic carbocycles. The monoisotopic (exact) mass is 455 g/mol. The number of nitrogens with one attached hydrogen (secondary N) is 1. The average Bonchev–Trinajstić information content (AvgIpc) is 2.74. The molecule has 3 aromatic rings. The predicted molar refractivity (Wildman–Crippen MR) is 125 cm³/mol. The summed E-state index contributed by atoms with van der Waals surface area (Å²) in [6.07, 6.45) is 2.62. The van der Waals surface area contributed by atoms with E-state index in [1.54, 1.807) is 42.5 Å². The zero-order chi connectivity index (χ0) is 22.4. The zero-order valence-electron chi connectivity index (χ0n) is 17.1. The van der Waals surface area contributed by atoms with Crippen LogP contribution < -0.4 is 9.73 Å². The molecule has 6 nitrogen and oxygen atoms in total. The second-order valence-electron chi connectivity index (χ2n) is 6.96. The van der Waals surface area contributed by atoms with Gasteiger partial charge in [-0.25, -0.2) is 13.8 Å². The normalized spacial score (nSPS) is 11.5. The van der Waals surface area contributed by atoms with E-state index in [0.717, 1.165) is 17.4 Å². The molecule has 0 saturated heterocycles. The minimum absolute atomic E-state index is 0.208. The molecule has 0 atom stereocenters. The van der Waals surface area contributed by atoms with E-state index in [-0.39, 0.29) is 6.54 Å². The molecular weight excluding hydrogens is 434 g/mol. The van der Waals surface area contributed by atoms with Gasteiger partial charge in [0.2, 0.25) is 10.0 Å². The first-order chi connectivity index (χ1) is 14.8. The maximum atomic E-state index is 12.4. The molecule has 0 heterocycles. The summed E-state index contributed by atoms with van der Waals surface area (Å²) in [7, 11) is -3.52. The van der Waals surface area contributed by atoms with Crippen LogP contribution in [0.5, 0.6) is 0 Å². The molecule has 0 unspecified atom stereocenters. The summed E-state index contributed by atoms with van der Waals surface area (Å²) in [4.78, 5) is 12.3. The topological polar surface area (TPSA) is 78.8 Å². The van der Waals surface area contributed by atoms with Crippen LogP contribution in [-0.2, 0) is 16.6 Å². The Morgan fingerprint density at radius 3 is 2.32 bits per heavy atom. The van der Waals surface area contributed by atoms with E-state index in [1.165, 1.54) is 10.5 Å². The van der Waals surface area contributed by atoms with Gasteiger partial charge in [-0.2, -0.15) is 5.10 Å². The number of hydrogen-bond donors (Lipinski definition) is 1. The molecule has 1 amide bonds. The number of carbonyl (C=O) groups is 1. The van der Waals surface area contributed by atoms with Crippen LogP contribution in [0.25, 0.3) is 0 Å². The van der Waals surface area contributed by atoms with Gasteiger partial charge in [-0.15, -0.1) is 0 Å². The van der Waals surface area contributed by atoms with Crippen LogP contribution in [0.15, 0.2) is 77.9 Å². The van der Waals surface area contributed by atoms with Gasteiger partial charge in [-0.05, 0) is 48.4 Å². The van der Waals surface area contributed by atoms with Gasteiger partial charge >= 0.3 is 0 Å². The molecule has 8 heteroatoms. The lowest BCUT2D eigenvalue weighted by Crippen LogP contribution is -2.29. The van der Waals surface area contributed by atoms with E-state index < -0.39 is 15.9 Å². The molecule has 3 rings (SSSR count). The highest BCUT2D eigenvalue weighted by Gasteiger charge is 2.19. The number of rotatable bonds is 7. The highest BCUT2D eigenvalue weighted by atomic mass is 35.5. The van der Waals surface area contributed by atoms with Gasteiger partial charge in [0.05, 0.1) is 24.7 Å². The Morgan fingerprint density at radius 2 is 1.68 bits per heavy atom. The lowest BCUT2D eigenvalue weighted by molar-refractivity contribution is 0.0955. The van der Waals surface area contributed by atoms with Crippen molar-refractivity contribution in [3.8, 4) is 0 Å². The minimum Gasteiger partial charge on any atom is -0.267 e. The predicted octanol–water partition coefficient (Wildman–Crippen LogP) is 4.38. The lowest BCUT2D eigenvalue weighted by Gasteiger charge is -2.23. The van der Waals surface area contributed by atoms with Gasteiger partial charge in [0.1, 0.15) is 0 Å². The number of amides is 1. The number of halogens is 1. The van der Waals surface area contributed by atoms with Gasteiger partial charge in [-0.3, -0.25) is 9.10 Å². The van der Waals surface area contributed by atoms with Crippen LogP contribution in [0.2, 0.25) is 5.02 Å². The first kappa shape index (κ1) is 22.5. The minimum atomic E-state index is -3.52. The van der Waals surface area contributed by atoms with Crippen molar-refractivity contribution in [2.45, 2.75) is 13.5 Å². The Labute approximate surface area is 187 Å². The van der Waals surface area contributed by atoms with Crippen LogP contribution in [0, 0.1) is 6.92 Å². The van der Waals surface area contributed by atoms with Crippen LogP contribution in [0.4, 0.5) is 5.69 Å². The van der Waals surface area contributed by atoms with E-state index in [2.05, 4.69) is 10.5 Å². The SMILES string of the molecule is Cc1ccccc1CN(c1ccc(C(=O)N/N=C\c2ccccc2Cl)cc1)S(C)(=O)=O. The third kappa shape index (κ3) is 5.93. The summed E-state index contributed by atoms with van der Waals surface area (Å²) in [6.45, 7) is 2.14. The Morgan fingerprint density at radius 1 is 1.03 bits per heavy atom. The molecule has 0 fully saturated rings. The molecule has 0 saturated carbocycles. The first-order valence-corrected chi connectivity index (χ1v) is 11.7. The number of benzene rings is 3. The zero-order valence-corrected chi connectivity index (χ0v) is 18.7. The van der Waals surface area contributed by atoms with Crippen LogP contribution in [0.3, 0.4) is 0 Å². The third-order valence-electron chi connectivity index (χ3n) is 4.67. The summed E-state index contributed by atoms with van der Waals surface area (Å²) >= 11 is 6.05. The van der Waals surface area contributed by atoms with Crippen molar-refractivity contribution in [2.24, 2.45) is 5.10 Å².